The van der Waals surface area contributed by atoms with E-state index in [0.717, 1.165) is 0 Å². The number of rotatable bonds is 5. The standard InChI is InChI=1S/C11H15F3N6/c1-7(2)15-5-6-16-8-3-4-9-17-18-10(11(12,13)14)20(9)19-8/h3-4,7,15H,5-6H2,1-2H3,(H,16,19). The monoisotopic (exact) mass is 288 g/mol. The summed E-state index contributed by atoms with van der Waals surface area (Å²) in [4.78, 5) is 0. The van der Waals surface area contributed by atoms with Crippen molar-refractivity contribution in [1.82, 2.24) is 25.1 Å². The molecule has 9 heteroatoms. The summed E-state index contributed by atoms with van der Waals surface area (Å²) in [6.07, 6.45) is -4.58. The SMILES string of the molecule is CC(C)NCCNc1ccc2nnc(C(F)(F)F)n2n1. The Bertz CT molecular complexity index is 577. The van der Waals surface area contributed by atoms with Crippen molar-refractivity contribution in [3.8, 4) is 0 Å². The third-order valence-electron chi connectivity index (χ3n) is 2.50. The van der Waals surface area contributed by atoms with Crippen LogP contribution in [0.25, 0.3) is 5.65 Å². The van der Waals surface area contributed by atoms with Crippen LogP contribution < -0.4 is 10.6 Å². The molecule has 0 atom stereocenters. The summed E-state index contributed by atoms with van der Waals surface area (Å²) >= 11 is 0. The minimum absolute atomic E-state index is 0.0585. The number of hydrogen-bond donors (Lipinski definition) is 2. The highest BCUT2D eigenvalue weighted by atomic mass is 19.4. The Morgan fingerprint density at radius 1 is 1.20 bits per heavy atom. The van der Waals surface area contributed by atoms with Crippen LogP contribution >= 0.6 is 0 Å². The molecular weight excluding hydrogens is 273 g/mol. The summed E-state index contributed by atoms with van der Waals surface area (Å²) in [6.45, 7) is 5.26. The molecule has 0 aliphatic rings. The first-order valence-corrected chi connectivity index (χ1v) is 6.15. The summed E-state index contributed by atoms with van der Waals surface area (Å²) in [5.74, 6) is -0.787. The van der Waals surface area contributed by atoms with Gasteiger partial charge in [0.25, 0.3) is 5.82 Å². The van der Waals surface area contributed by atoms with E-state index in [2.05, 4.69) is 25.9 Å². The molecule has 0 aliphatic heterocycles. The molecule has 0 amide bonds. The first-order valence-electron chi connectivity index (χ1n) is 6.15. The third-order valence-corrected chi connectivity index (χ3v) is 2.50. The molecule has 0 aromatic carbocycles. The second-order valence-corrected chi connectivity index (χ2v) is 4.55. The minimum atomic E-state index is -4.58. The minimum Gasteiger partial charge on any atom is -0.367 e. The molecule has 0 aliphatic carbocycles. The molecule has 0 unspecified atom stereocenters. The number of aromatic nitrogens is 4. The number of anilines is 1. The molecular formula is C11H15F3N6. The summed E-state index contributed by atoms with van der Waals surface area (Å²) in [7, 11) is 0. The zero-order valence-corrected chi connectivity index (χ0v) is 11.1. The Labute approximate surface area is 113 Å². The Balaban J connectivity index is 2.12. The zero-order valence-electron chi connectivity index (χ0n) is 11.1. The Morgan fingerprint density at radius 2 is 1.95 bits per heavy atom. The molecule has 2 rings (SSSR count). The lowest BCUT2D eigenvalue weighted by Crippen LogP contribution is -2.28. The van der Waals surface area contributed by atoms with Crippen LogP contribution in [-0.2, 0) is 6.18 Å². The highest BCUT2D eigenvalue weighted by Crippen LogP contribution is 2.27. The van der Waals surface area contributed by atoms with E-state index in [-0.39, 0.29) is 5.65 Å². The molecule has 0 saturated carbocycles. The first-order chi connectivity index (χ1) is 9.38. The van der Waals surface area contributed by atoms with Crippen molar-refractivity contribution < 1.29 is 13.2 Å². The van der Waals surface area contributed by atoms with Gasteiger partial charge in [0.2, 0.25) is 0 Å². The van der Waals surface area contributed by atoms with E-state index in [1.807, 2.05) is 13.8 Å². The van der Waals surface area contributed by atoms with E-state index >= 15 is 0 Å². The number of alkyl halides is 3. The predicted octanol–water partition coefficient (Wildman–Crippen LogP) is 1.55. The highest BCUT2D eigenvalue weighted by Gasteiger charge is 2.37. The fourth-order valence-corrected chi connectivity index (χ4v) is 1.61. The topological polar surface area (TPSA) is 67.1 Å². The maximum Gasteiger partial charge on any atom is 0.453 e. The van der Waals surface area contributed by atoms with Gasteiger partial charge in [0, 0.05) is 19.1 Å². The van der Waals surface area contributed by atoms with E-state index in [1.165, 1.54) is 6.07 Å². The van der Waals surface area contributed by atoms with Gasteiger partial charge in [0.1, 0.15) is 5.82 Å². The summed E-state index contributed by atoms with van der Waals surface area (Å²) in [5, 5.41) is 16.5. The number of halogens is 3. The number of hydrogen-bond acceptors (Lipinski definition) is 5. The first kappa shape index (κ1) is 14.5. The Hall–Kier alpha value is -1.90. The molecule has 0 fully saturated rings. The van der Waals surface area contributed by atoms with Gasteiger partial charge in [0.15, 0.2) is 5.65 Å². The Morgan fingerprint density at radius 3 is 2.60 bits per heavy atom. The van der Waals surface area contributed by atoms with E-state index in [1.54, 1.807) is 6.07 Å². The lowest BCUT2D eigenvalue weighted by molar-refractivity contribution is -0.146. The molecule has 2 N–H and O–H groups in total. The van der Waals surface area contributed by atoms with Gasteiger partial charge in [-0.1, -0.05) is 13.8 Å². The maximum atomic E-state index is 12.7. The van der Waals surface area contributed by atoms with Crippen molar-refractivity contribution in [2.75, 3.05) is 18.4 Å². The lowest BCUT2D eigenvalue weighted by atomic mass is 10.4. The molecule has 6 nitrogen and oxygen atoms in total. The van der Waals surface area contributed by atoms with Crippen molar-refractivity contribution >= 4 is 11.5 Å². The summed E-state index contributed by atoms with van der Waals surface area (Å²) in [6, 6.07) is 3.36. The van der Waals surface area contributed by atoms with Crippen LogP contribution in [0.15, 0.2) is 12.1 Å². The van der Waals surface area contributed by atoms with E-state index < -0.39 is 12.0 Å². The average molecular weight is 288 g/mol. The van der Waals surface area contributed by atoms with Gasteiger partial charge < -0.3 is 10.6 Å². The molecule has 2 aromatic heterocycles. The zero-order chi connectivity index (χ0) is 14.8. The average Bonchev–Trinajstić information content (AvgIpc) is 2.77. The quantitative estimate of drug-likeness (QED) is 0.817. The van der Waals surface area contributed by atoms with Gasteiger partial charge in [-0.25, -0.2) is 0 Å². The molecule has 0 saturated heterocycles. The van der Waals surface area contributed by atoms with Gasteiger partial charge >= 0.3 is 6.18 Å². The van der Waals surface area contributed by atoms with Crippen LogP contribution in [0, 0.1) is 0 Å². The molecule has 2 aromatic rings. The number of nitrogens with zero attached hydrogens (tertiary/aromatic N) is 4. The van der Waals surface area contributed by atoms with Crippen molar-refractivity contribution in [2.45, 2.75) is 26.1 Å². The third kappa shape index (κ3) is 3.35. The van der Waals surface area contributed by atoms with Crippen LogP contribution in [0.2, 0.25) is 0 Å². The van der Waals surface area contributed by atoms with Gasteiger partial charge in [-0.15, -0.1) is 15.3 Å². The largest absolute Gasteiger partial charge is 0.453 e. The highest BCUT2D eigenvalue weighted by molar-refractivity contribution is 5.44. The fourth-order valence-electron chi connectivity index (χ4n) is 1.61. The Kier molecular flexibility index (Phi) is 4.07. The van der Waals surface area contributed by atoms with Gasteiger partial charge in [0.05, 0.1) is 0 Å². The van der Waals surface area contributed by atoms with Crippen molar-refractivity contribution in [3.05, 3.63) is 18.0 Å². The van der Waals surface area contributed by atoms with Crippen LogP contribution in [0.1, 0.15) is 19.7 Å². The van der Waals surface area contributed by atoms with Gasteiger partial charge in [-0.05, 0) is 12.1 Å². The van der Waals surface area contributed by atoms with Crippen molar-refractivity contribution in [3.63, 3.8) is 0 Å². The van der Waals surface area contributed by atoms with Crippen LogP contribution in [0.4, 0.5) is 19.0 Å². The van der Waals surface area contributed by atoms with Gasteiger partial charge in [-0.3, -0.25) is 0 Å². The van der Waals surface area contributed by atoms with Crippen LogP contribution in [0.3, 0.4) is 0 Å². The molecule has 0 spiro atoms. The van der Waals surface area contributed by atoms with Crippen molar-refractivity contribution in [1.29, 1.82) is 0 Å². The van der Waals surface area contributed by atoms with E-state index in [9.17, 15) is 13.2 Å². The maximum absolute atomic E-state index is 12.7. The van der Waals surface area contributed by atoms with Crippen LogP contribution in [0.5, 0.6) is 0 Å². The predicted molar refractivity (Wildman–Crippen MR) is 67.4 cm³/mol. The smallest absolute Gasteiger partial charge is 0.367 e. The normalized spacial score (nSPS) is 12.3. The fraction of sp³-hybridized carbons (Fsp3) is 0.545. The number of nitrogens with one attached hydrogen (secondary N) is 2. The molecule has 0 bridgehead atoms. The molecule has 20 heavy (non-hydrogen) atoms. The summed E-state index contributed by atoms with van der Waals surface area (Å²) < 4.78 is 38.7. The summed E-state index contributed by atoms with van der Waals surface area (Å²) in [5.41, 5.74) is 0.0585. The molecule has 110 valence electrons. The van der Waals surface area contributed by atoms with Crippen molar-refractivity contribution in [2.24, 2.45) is 0 Å². The van der Waals surface area contributed by atoms with E-state index in [0.29, 0.717) is 29.5 Å². The second kappa shape index (κ2) is 5.61. The second-order valence-electron chi connectivity index (χ2n) is 4.55. The van der Waals surface area contributed by atoms with Crippen LogP contribution in [-0.4, -0.2) is 38.9 Å². The lowest BCUT2D eigenvalue weighted by Gasteiger charge is -2.10. The number of fused-ring (bicyclic) bond motifs is 1. The molecule has 2 heterocycles. The van der Waals surface area contributed by atoms with E-state index in [4.69, 9.17) is 0 Å². The van der Waals surface area contributed by atoms with Gasteiger partial charge in [-0.2, -0.15) is 17.7 Å². The molecule has 0 radical (unpaired) electrons.